The van der Waals surface area contributed by atoms with Gasteiger partial charge in [0.05, 0.1) is 24.6 Å². The maximum absolute atomic E-state index is 11.8. The Balaban J connectivity index is 2.01. The van der Waals surface area contributed by atoms with E-state index in [0.717, 1.165) is 5.69 Å². The van der Waals surface area contributed by atoms with Gasteiger partial charge in [-0.15, -0.1) is 0 Å². The van der Waals surface area contributed by atoms with Gasteiger partial charge in [-0.3, -0.25) is 14.5 Å². The maximum Gasteiger partial charge on any atom is 0.271 e. The topological polar surface area (TPSA) is 111 Å². The molecule has 1 amide bonds. The van der Waals surface area contributed by atoms with Crippen molar-refractivity contribution in [2.45, 2.75) is 6.54 Å². The molecule has 0 saturated heterocycles. The van der Waals surface area contributed by atoms with Gasteiger partial charge in [0.25, 0.3) is 5.91 Å². The minimum atomic E-state index is -0.319. The van der Waals surface area contributed by atoms with Gasteiger partial charge in [-0.05, 0) is 6.07 Å². The van der Waals surface area contributed by atoms with Crippen LogP contribution in [0.1, 0.15) is 16.2 Å². The first-order valence-corrected chi connectivity index (χ1v) is 5.24. The molecule has 0 fully saturated rings. The van der Waals surface area contributed by atoms with E-state index in [1.807, 2.05) is 6.07 Å². The van der Waals surface area contributed by atoms with Gasteiger partial charge in [0.2, 0.25) is 0 Å². The Kier molecular flexibility index (Phi) is 3.49. The molecule has 0 aliphatic heterocycles. The molecule has 0 unspecified atom stereocenters. The van der Waals surface area contributed by atoms with Crippen molar-refractivity contribution in [1.29, 1.82) is 0 Å². The first kappa shape index (κ1) is 12.0. The van der Waals surface area contributed by atoms with Crippen LogP contribution in [0.3, 0.4) is 0 Å². The molecule has 8 heteroatoms. The summed E-state index contributed by atoms with van der Waals surface area (Å²) in [5.41, 5.74) is 3.43. The lowest BCUT2D eigenvalue weighted by Crippen LogP contribution is -2.25. The second-order valence-corrected chi connectivity index (χ2v) is 3.56. The molecule has 0 spiro atoms. The summed E-state index contributed by atoms with van der Waals surface area (Å²) in [4.78, 5) is 19.6. The highest BCUT2D eigenvalue weighted by Crippen LogP contribution is 2.01. The number of hydrazine groups is 1. The third-order valence-corrected chi connectivity index (χ3v) is 2.37. The lowest BCUT2D eigenvalue weighted by molar-refractivity contribution is 0.0945. The first-order chi connectivity index (χ1) is 8.70. The van der Waals surface area contributed by atoms with Crippen LogP contribution in [0.25, 0.3) is 0 Å². The molecule has 2 rings (SSSR count). The monoisotopic (exact) mass is 247 g/mol. The summed E-state index contributed by atoms with van der Waals surface area (Å²) in [6, 6.07) is 1.82. The molecule has 0 aliphatic carbocycles. The highest BCUT2D eigenvalue weighted by atomic mass is 16.1. The Morgan fingerprint density at radius 3 is 3.00 bits per heavy atom. The number of amides is 1. The van der Waals surface area contributed by atoms with E-state index in [2.05, 4.69) is 25.8 Å². The number of anilines is 1. The van der Waals surface area contributed by atoms with Crippen LogP contribution in [0.15, 0.2) is 24.7 Å². The minimum Gasteiger partial charge on any atom is -0.345 e. The zero-order valence-corrected chi connectivity index (χ0v) is 9.79. The van der Waals surface area contributed by atoms with E-state index < -0.39 is 0 Å². The van der Waals surface area contributed by atoms with Crippen molar-refractivity contribution in [1.82, 2.24) is 25.1 Å². The first-order valence-electron chi connectivity index (χ1n) is 5.24. The second kappa shape index (κ2) is 5.23. The summed E-state index contributed by atoms with van der Waals surface area (Å²) in [5.74, 6) is 5.21. The molecule has 0 atom stereocenters. The molecular formula is C10H13N7O. The number of carbonyl (C=O) groups is 1. The number of aromatic nitrogens is 4. The fourth-order valence-electron chi connectivity index (χ4n) is 1.38. The molecule has 0 aliphatic rings. The van der Waals surface area contributed by atoms with Gasteiger partial charge < -0.3 is 10.7 Å². The average molecular weight is 247 g/mol. The van der Waals surface area contributed by atoms with E-state index in [9.17, 15) is 4.79 Å². The summed E-state index contributed by atoms with van der Waals surface area (Å²) < 4.78 is 1.68. The molecule has 0 radical (unpaired) electrons. The number of rotatable bonds is 4. The Bertz CT molecular complexity index is 551. The van der Waals surface area contributed by atoms with Crippen LogP contribution >= 0.6 is 0 Å². The van der Waals surface area contributed by atoms with E-state index in [-0.39, 0.29) is 11.6 Å². The lowest BCUT2D eigenvalue weighted by atomic mass is 10.3. The normalized spacial score (nSPS) is 10.1. The molecule has 8 nitrogen and oxygen atoms in total. The Labute approximate surface area is 103 Å². The Morgan fingerprint density at radius 1 is 1.50 bits per heavy atom. The molecule has 2 aromatic heterocycles. The van der Waals surface area contributed by atoms with Crippen molar-refractivity contribution in [3.63, 3.8) is 0 Å². The molecule has 0 saturated carbocycles. The number of nitrogens with one attached hydrogen (secondary N) is 2. The minimum absolute atomic E-state index is 0.201. The number of nitrogen functional groups attached to an aromatic ring is 1. The van der Waals surface area contributed by atoms with Crippen LogP contribution in [0.4, 0.5) is 5.82 Å². The van der Waals surface area contributed by atoms with Crippen LogP contribution in [-0.4, -0.2) is 25.7 Å². The van der Waals surface area contributed by atoms with Crippen LogP contribution in [0.2, 0.25) is 0 Å². The number of nitrogens with two attached hydrogens (primary N) is 1. The van der Waals surface area contributed by atoms with E-state index in [1.165, 1.54) is 12.4 Å². The second-order valence-electron chi connectivity index (χ2n) is 3.56. The summed E-state index contributed by atoms with van der Waals surface area (Å²) in [7, 11) is 1.81. The van der Waals surface area contributed by atoms with Crippen molar-refractivity contribution in [2.75, 3.05) is 5.43 Å². The van der Waals surface area contributed by atoms with E-state index in [4.69, 9.17) is 5.84 Å². The summed E-state index contributed by atoms with van der Waals surface area (Å²) >= 11 is 0. The Morgan fingerprint density at radius 2 is 2.33 bits per heavy atom. The zero-order chi connectivity index (χ0) is 13.0. The van der Waals surface area contributed by atoms with Gasteiger partial charge in [0.1, 0.15) is 5.69 Å². The van der Waals surface area contributed by atoms with Crippen LogP contribution < -0.4 is 16.6 Å². The zero-order valence-electron chi connectivity index (χ0n) is 9.79. The number of hydrogen-bond acceptors (Lipinski definition) is 6. The van der Waals surface area contributed by atoms with Gasteiger partial charge in [0, 0.05) is 13.2 Å². The van der Waals surface area contributed by atoms with Crippen molar-refractivity contribution in [2.24, 2.45) is 12.9 Å². The molecule has 0 bridgehead atoms. The highest BCUT2D eigenvalue weighted by molar-refractivity contribution is 5.92. The maximum atomic E-state index is 11.8. The van der Waals surface area contributed by atoms with Crippen molar-refractivity contribution in [3.05, 3.63) is 36.0 Å². The summed E-state index contributed by atoms with van der Waals surface area (Å²) in [6.07, 6.45) is 4.47. The summed E-state index contributed by atoms with van der Waals surface area (Å²) in [6.45, 7) is 0.372. The Hall–Kier alpha value is -2.48. The van der Waals surface area contributed by atoms with E-state index in [1.54, 1.807) is 17.9 Å². The van der Waals surface area contributed by atoms with E-state index >= 15 is 0 Å². The van der Waals surface area contributed by atoms with Crippen LogP contribution in [-0.2, 0) is 13.6 Å². The van der Waals surface area contributed by atoms with Crippen molar-refractivity contribution < 1.29 is 4.79 Å². The number of aryl methyl sites for hydroxylation is 1. The van der Waals surface area contributed by atoms with Crippen molar-refractivity contribution >= 4 is 11.7 Å². The van der Waals surface area contributed by atoms with Gasteiger partial charge in [0.15, 0.2) is 5.82 Å². The number of carbonyl (C=O) groups excluding carboxylic acids is 1. The quantitative estimate of drug-likeness (QED) is 0.492. The summed E-state index contributed by atoms with van der Waals surface area (Å²) in [5, 5.41) is 6.73. The predicted molar refractivity (Wildman–Crippen MR) is 64.2 cm³/mol. The van der Waals surface area contributed by atoms with Crippen LogP contribution in [0.5, 0.6) is 0 Å². The highest BCUT2D eigenvalue weighted by Gasteiger charge is 2.09. The van der Waals surface area contributed by atoms with Crippen LogP contribution in [0, 0.1) is 0 Å². The largest absolute Gasteiger partial charge is 0.345 e. The SMILES string of the molecule is Cn1nccc1CNC(=O)c1cncc(NN)n1. The lowest BCUT2D eigenvalue weighted by Gasteiger charge is -2.05. The van der Waals surface area contributed by atoms with Gasteiger partial charge in [-0.1, -0.05) is 0 Å². The number of hydrogen-bond donors (Lipinski definition) is 3. The fraction of sp³-hybridized carbons (Fsp3) is 0.200. The molecule has 2 heterocycles. The molecule has 18 heavy (non-hydrogen) atoms. The third-order valence-electron chi connectivity index (χ3n) is 2.37. The average Bonchev–Trinajstić information content (AvgIpc) is 2.81. The molecule has 4 N–H and O–H groups in total. The van der Waals surface area contributed by atoms with Crippen molar-refractivity contribution in [3.8, 4) is 0 Å². The van der Waals surface area contributed by atoms with E-state index in [0.29, 0.717) is 12.4 Å². The standard InChI is InChI=1S/C10H13N7O/c1-17-7(2-3-14-17)4-13-10(18)8-5-12-6-9(15-8)16-11/h2-3,5-6H,4,11H2,1H3,(H,13,18)(H,15,16). The van der Waals surface area contributed by atoms with Gasteiger partial charge >= 0.3 is 0 Å². The van der Waals surface area contributed by atoms with Gasteiger partial charge in [-0.25, -0.2) is 10.8 Å². The molecule has 94 valence electrons. The molecule has 2 aromatic rings. The van der Waals surface area contributed by atoms with Gasteiger partial charge in [-0.2, -0.15) is 5.10 Å². The third kappa shape index (κ3) is 2.61. The molecule has 0 aromatic carbocycles. The molecular weight excluding hydrogens is 234 g/mol. The predicted octanol–water partition coefficient (Wildman–Crippen LogP) is -0.574. The fourth-order valence-corrected chi connectivity index (χ4v) is 1.38. The smallest absolute Gasteiger partial charge is 0.271 e. The number of nitrogens with zero attached hydrogens (tertiary/aromatic N) is 4.